The lowest BCUT2D eigenvalue weighted by Gasteiger charge is -2.27. The molecule has 0 spiro atoms. The molecule has 1 aliphatic heterocycles. The molecule has 1 atom stereocenters. The van der Waals surface area contributed by atoms with Crippen molar-refractivity contribution < 1.29 is 24.2 Å². The minimum absolute atomic E-state index is 0.0586. The number of aliphatic hydroxyl groups excluding tert-OH is 1. The summed E-state index contributed by atoms with van der Waals surface area (Å²) in [7, 11) is 2.91. The highest BCUT2D eigenvalue weighted by atomic mass is 16.5. The van der Waals surface area contributed by atoms with Gasteiger partial charge in [-0.3, -0.25) is 19.5 Å². The lowest BCUT2D eigenvalue weighted by molar-refractivity contribution is -0.132. The van der Waals surface area contributed by atoms with Crippen LogP contribution in [0.15, 0.2) is 66.5 Å². The second kappa shape index (κ2) is 8.78. The van der Waals surface area contributed by atoms with Gasteiger partial charge in [0.05, 0.1) is 25.8 Å². The van der Waals surface area contributed by atoms with Gasteiger partial charge >= 0.3 is 0 Å². The Morgan fingerprint density at radius 3 is 2.24 bits per heavy atom. The van der Waals surface area contributed by atoms with Gasteiger partial charge in [0.25, 0.3) is 11.7 Å². The van der Waals surface area contributed by atoms with E-state index in [1.54, 1.807) is 48.8 Å². The zero-order valence-corrected chi connectivity index (χ0v) is 18.8. The van der Waals surface area contributed by atoms with Gasteiger partial charge in [-0.2, -0.15) is 0 Å². The monoisotopic (exact) mass is 444 g/mol. The molecule has 4 rings (SSSR count). The Morgan fingerprint density at radius 2 is 1.64 bits per heavy atom. The Balaban J connectivity index is 2.04. The number of pyridine rings is 1. The second-order valence-corrected chi connectivity index (χ2v) is 7.71. The number of benzene rings is 2. The number of ether oxygens (including phenoxy) is 2. The van der Waals surface area contributed by atoms with Crippen LogP contribution in [0.5, 0.6) is 11.5 Å². The summed E-state index contributed by atoms with van der Waals surface area (Å²) in [6.45, 7) is 3.84. The summed E-state index contributed by atoms with van der Waals surface area (Å²) in [4.78, 5) is 32.3. The number of nitrogens with zero attached hydrogens (tertiary/aromatic N) is 2. The zero-order valence-electron chi connectivity index (χ0n) is 18.8. The van der Waals surface area contributed by atoms with E-state index in [4.69, 9.17) is 9.47 Å². The molecule has 2 aromatic carbocycles. The van der Waals surface area contributed by atoms with E-state index >= 15 is 0 Å². The number of methoxy groups -OCH3 is 2. The highest BCUT2D eigenvalue weighted by Gasteiger charge is 2.48. The molecule has 1 saturated heterocycles. The molecule has 1 aliphatic rings. The first-order chi connectivity index (χ1) is 15.9. The fourth-order valence-corrected chi connectivity index (χ4v) is 4.15. The smallest absolute Gasteiger partial charge is 0.300 e. The molecule has 1 fully saturated rings. The first kappa shape index (κ1) is 22.1. The van der Waals surface area contributed by atoms with Crippen molar-refractivity contribution in [1.82, 2.24) is 4.98 Å². The Labute approximate surface area is 191 Å². The van der Waals surface area contributed by atoms with Gasteiger partial charge in [-0.05, 0) is 54.8 Å². The van der Waals surface area contributed by atoms with Crippen molar-refractivity contribution in [1.29, 1.82) is 0 Å². The molecule has 0 aliphatic carbocycles. The molecule has 1 N–H and O–H groups in total. The molecule has 2 heterocycles. The maximum absolute atomic E-state index is 13.4. The highest BCUT2D eigenvalue weighted by molar-refractivity contribution is 6.51. The zero-order chi connectivity index (χ0) is 23.7. The Kier molecular flexibility index (Phi) is 5.87. The van der Waals surface area contributed by atoms with Crippen LogP contribution in [0.25, 0.3) is 5.76 Å². The standard InChI is InChI=1S/C26H24N2O5/c1-15-8-5-10-18(16(15)2)28-23(17-9-7-13-27-14-17)22(25(30)26(28)31)24(29)21-19(32-3)11-6-12-20(21)33-4/h5-14,23,29H,1-4H3/b24-22+. The van der Waals surface area contributed by atoms with E-state index in [0.29, 0.717) is 22.7 Å². The quantitative estimate of drug-likeness (QED) is 0.358. The molecule has 0 radical (unpaired) electrons. The number of amides is 1. The summed E-state index contributed by atoms with van der Waals surface area (Å²) >= 11 is 0. The van der Waals surface area contributed by atoms with Crippen LogP contribution in [0.2, 0.25) is 0 Å². The van der Waals surface area contributed by atoms with Crippen LogP contribution in [0.3, 0.4) is 0 Å². The Morgan fingerprint density at radius 1 is 0.970 bits per heavy atom. The van der Waals surface area contributed by atoms with Crippen molar-refractivity contribution in [2.75, 3.05) is 19.1 Å². The van der Waals surface area contributed by atoms with Crippen LogP contribution >= 0.6 is 0 Å². The predicted octanol–water partition coefficient (Wildman–Crippen LogP) is 4.34. The lowest BCUT2D eigenvalue weighted by Crippen LogP contribution is -2.30. The van der Waals surface area contributed by atoms with Crippen LogP contribution in [-0.4, -0.2) is 36.0 Å². The van der Waals surface area contributed by atoms with Crippen LogP contribution in [0.1, 0.15) is 28.3 Å². The summed E-state index contributed by atoms with van der Waals surface area (Å²) in [5.41, 5.74) is 3.17. The van der Waals surface area contributed by atoms with E-state index in [1.165, 1.54) is 19.1 Å². The summed E-state index contributed by atoms with van der Waals surface area (Å²) in [6, 6.07) is 13.2. The van der Waals surface area contributed by atoms with Gasteiger partial charge in [-0.1, -0.05) is 24.3 Å². The van der Waals surface area contributed by atoms with E-state index in [1.807, 2.05) is 26.0 Å². The second-order valence-electron chi connectivity index (χ2n) is 7.71. The number of carbonyl (C=O) groups is 2. The normalized spacial score (nSPS) is 17.3. The topological polar surface area (TPSA) is 89.0 Å². The van der Waals surface area contributed by atoms with Gasteiger partial charge < -0.3 is 14.6 Å². The van der Waals surface area contributed by atoms with Gasteiger partial charge in [-0.25, -0.2) is 0 Å². The van der Waals surface area contributed by atoms with Gasteiger partial charge in [0, 0.05) is 18.1 Å². The highest BCUT2D eigenvalue weighted by Crippen LogP contribution is 2.45. The lowest BCUT2D eigenvalue weighted by atomic mass is 9.95. The first-order valence-electron chi connectivity index (χ1n) is 10.4. The average Bonchev–Trinajstić information content (AvgIpc) is 3.10. The van der Waals surface area contributed by atoms with Gasteiger partial charge in [-0.15, -0.1) is 0 Å². The number of hydrogen-bond donors (Lipinski definition) is 1. The molecule has 3 aromatic rings. The van der Waals surface area contributed by atoms with Crippen LogP contribution in [0, 0.1) is 13.8 Å². The predicted molar refractivity (Wildman–Crippen MR) is 124 cm³/mol. The molecule has 1 aromatic heterocycles. The molecular weight excluding hydrogens is 420 g/mol. The van der Waals surface area contributed by atoms with E-state index < -0.39 is 17.7 Å². The minimum Gasteiger partial charge on any atom is -0.506 e. The van der Waals surface area contributed by atoms with E-state index in [0.717, 1.165) is 11.1 Å². The van der Waals surface area contributed by atoms with E-state index in [-0.39, 0.29) is 16.9 Å². The summed E-state index contributed by atoms with van der Waals surface area (Å²) < 4.78 is 10.8. The summed E-state index contributed by atoms with van der Waals surface area (Å²) in [6.07, 6.45) is 3.19. The number of ketones is 1. The number of anilines is 1. The average molecular weight is 444 g/mol. The molecule has 1 unspecified atom stereocenters. The van der Waals surface area contributed by atoms with E-state index in [9.17, 15) is 14.7 Å². The third-order valence-electron chi connectivity index (χ3n) is 5.94. The Hall–Kier alpha value is -4.13. The van der Waals surface area contributed by atoms with Gasteiger partial charge in [0.2, 0.25) is 0 Å². The molecule has 7 nitrogen and oxygen atoms in total. The number of Topliss-reactive ketones (excluding diaryl/α,β-unsaturated/α-hetero) is 1. The first-order valence-corrected chi connectivity index (χ1v) is 10.4. The van der Waals surface area contributed by atoms with E-state index in [2.05, 4.69) is 4.98 Å². The van der Waals surface area contributed by atoms with Gasteiger partial charge in [0.1, 0.15) is 22.8 Å². The fourth-order valence-electron chi connectivity index (χ4n) is 4.15. The van der Waals surface area contributed by atoms with Crippen molar-refractivity contribution in [3.63, 3.8) is 0 Å². The van der Waals surface area contributed by atoms with Crippen LogP contribution in [-0.2, 0) is 9.59 Å². The van der Waals surface area contributed by atoms with Gasteiger partial charge in [0.15, 0.2) is 0 Å². The third kappa shape index (κ3) is 3.61. The van der Waals surface area contributed by atoms with Crippen LogP contribution < -0.4 is 14.4 Å². The molecule has 168 valence electrons. The number of rotatable bonds is 5. The minimum atomic E-state index is -0.881. The third-order valence-corrected chi connectivity index (χ3v) is 5.94. The Bertz CT molecular complexity index is 1240. The summed E-state index contributed by atoms with van der Waals surface area (Å²) in [5.74, 6) is -1.27. The number of aromatic nitrogens is 1. The summed E-state index contributed by atoms with van der Waals surface area (Å²) in [5, 5.41) is 11.5. The maximum atomic E-state index is 13.4. The SMILES string of the molecule is COc1cccc(OC)c1/C(O)=C1\C(=O)C(=O)N(c2cccc(C)c2C)C1c1cccnc1. The maximum Gasteiger partial charge on any atom is 0.300 e. The molecule has 33 heavy (non-hydrogen) atoms. The van der Waals surface area contributed by atoms with Crippen molar-refractivity contribution in [2.24, 2.45) is 0 Å². The fraction of sp³-hybridized carbons (Fsp3) is 0.192. The molecule has 7 heteroatoms. The number of hydrogen-bond acceptors (Lipinski definition) is 6. The molecule has 1 amide bonds. The van der Waals surface area contributed by atoms with Crippen LogP contribution in [0.4, 0.5) is 5.69 Å². The number of carbonyl (C=O) groups excluding carboxylic acids is 2. The molecule has 0 bridgehead atoms. The van der Waals surface area contributed by atoms with Crippen molar-refractivity contribution in [2.45, 2.75) is 19.9 Å². The molecular formula is C26H24N2O5. The van der Waals surface area contributed by atoms with Crippen molar-refractivity contribution >= 4 is 23.1 Å². The molecule has 0 saturated carbocycles. The number of aliphatic hydroxyl groups is 1. The van der Waals surface area contributed by atoms with Crippen molar-refractivity contribution in [3.05, 3.63) is 88.8 Å². The van der Waals surface area contributed by atoms with Crippen molar-refractivity contribution in [3.8, 4) is 11.5 Å². The largest absolute Gasteiger partial charge is 0.506 e. The number of aryl methyl sites for hydroxylation is 1.